The van der Waals surface area contributed by atoms with Gasteiger partial charge in [-0.1, -0.05) is 36.4 Å². The molecule has 2 aliphatic rings. The first kappa shape index (κ1) is 15.6. The minimum absolute atomic E-state index is 0.0170. The van der Waals surface area contributed by atoms with E-state index in [0.29, 0.717) is 6.42 Å². The number of benzene rings is 2. The van der Waals surface area contributed by atoms with Crippen molar-refractivity contribution in [3.05, 3.63) is 59.7 Å². The molecule has 3 N–H and O–H groups in total. The maximum atomic E-state index is 12.2. The van der Waals surface area contributed by atoms with Gasteiger partial charge in [-0.25, -0.2) is 16.3 Å². The molecule has 0 aliphatic carbocycles. The van der Waals surface area contributed by atoms with Crippen LogP contribution < -0.4 is 25.8 Å². The van der Waals surface area contributed by atoms with Gasteiger partial charge in [-0.2, -0.15) is 5.10 Å². The zero-order valence-electron chi connectivity index (χ0n) is 13.4. The fourth-order valence-electron chi connectivity index (χ4n) is 2.86. The molecule has 128 valence electrons. The Morgan fingerprint density at radius 2 is 1.96 bits per heavy atom. The molecule has 0 bridgehead atoms. The standard InChI is InChI=1S/C18H18N4O3/c23-18(22-19-10-12-4-2-1-3-5-12)15-9-14(20-21-15)13-6-7-16-17(8-13)25-11-24-16/h1-8,10,14-15,20-21H,9,11H2,(H,22,23)/b19-10+. The first-order chi connectivity index (χ1) is 12.3. The van der Waals surface area contributed by atoms with Crippen LogP contribution in [0.25, 0.3) is 0 Å². The summed E-state index contributed by atoms with van der Waals surface area (Å²) in [4.78, 5) is 12.2. The summed E-state index contributed by atoms with van der Waals surface area (Å²) in [6.07, 6.45) is 2.24. The van der Waals surface area contributed by atoms with Gasteiger partial charge in [0.2, 0.25) is 6.79 Å². The van der Waals surface area contributed by atoms with Crippen molar-refractivity contribution in [2.75, 3.05) is 6.79 Å². The molecular formula is C18H18N4O3. The van der Waals surface area contributed by atoms with Crippen LogP contribution in [0.5, 0.6) is 11.5 Å². The van der Waals surface area contributed by atoms with Crippen molar-refractivity contribution < 1.29 is 14.3 Å². The molecule has 2 heterocycles. The van der Waals surface area contributed by atoms with Crippen molar-refractivity contribution in [1.29, 1.82) is 0 Å². The summed E-state index contributed by atoms with van der Waals surface area (Å²) < 4.78 is 10.7. The minimum atomic E-state index is -0.358. The van der Waals surface area contributed by atoms with Gasteiger partial charge in [0.25, 0.3) is 5.91 Å². The van der Waals surface area contributed by atoms with Crippen LogP contribution in [0.3, 0.4) is 0 Å². The Labute approximate surface area is 145 Å². The number of carbonyl (C=O) groups is 1. The number of hydrazine groups is 1. The van der Waals surface area contributed by atoms with E-state index >= 15 is 0 Å². The van der Waals surface area contributed by atoms with Gasteiger partial charge in [0, 0.05) is 6.04 Å². The van der Waals surface area contributed by atoms with Crippen LogP contribution in [0, 0.1) is 0 Å². The maximum absolute atomic E-state index is 12.2. The van der Waals surface area contributed by atoms with E-state index in [-0.39, 0.29) is 24.8 Å². The Morgan fingerprint density at radius 3 is 2.84 bits per heavy atom. The molecule has 1 amide bonds. The highest BCUT2D eigenvalue weighted by molar-refractivity contribution is 5.85. The number of nitrogens with one attached hydrogen (secondary N) is 3. The van der Waals surface area contributed by atoms with Gasteiger partial charge in [0.05, 0.1) is 6.21 Å². The number of hydrogen-bond acceptors (Lipinski definition) is 6. The lowest BCUT2D eigenvalue weighted by molar-refractivity contribution is -0.122. The average molecular weight is 338 g/mol. The normalized spacial score (nSPS) is 21.6. The highest BCUT2D eigenvalue weighted by Gasteiger charge is 2.30. The third-order valence-electron chi connectivity index (χ3n) is 4.21. The Morgan fingerprint density at radius 1 is 1.12 bits per heavy atom. The van der Waals surface area contributed by atoms with Crippen LogP contribution in [0.4, 0.5) is 0 Å². The van der Waals surface area contributed by atoms with Gasteiger partial charge >= 0.3 is 0 Å². The van der Waals surface area contributed by atoms with E-state index in [1.54, 1.807) is 6.21 Å². The van der Waals surface area contributed by atoms with Crippen molar-refractivity contribution in [2.45, 2.75) is 18.5 Å². The van der Waals surface area contributed by atoms with E-state index in [2.05, 4.69) is 21.4 Å². The zero-order valence-corrected chi connectivity index (χ0v) is 13.4. The molecule has 1 fully saturated rings. The van der Waals surface area contributed by atoms with Gasteiger partial charge in [0.1, 0.15) is 6.04 Å². The predicted octanol–water partition coefficient (Wildman–Crippen LogP) is 1.47. The molecule has 0 aromatic heterocycles. The third kappa shape index (κ3) is 3.47. The molecule has 1 saturated heterocycles. The maximum Gasteiger partial charge on any atom is 0.258 e. The predicted molar refractivity (Wildman–Crippen MR) is 92.2 cm³/mol. The molecule has 2 aliphatic heterocycles. The van der Waals surface area contributed by atoms with Crippen molar-refractivity contribution in [1.82, 2.24) is 16.3 Å². The van der Waals surface area contributed by atoms with E-state index in [1.807, 2.05) is 48.5 Å². The van der Waals surface area contributed by atoms with E-state index in [4.69, 9.17) is 9.47 Å². The fraction of sp³-hybridized carbons (Fsp3) is 0.222. The average Bonchev–Trinajstić information content (AvgIpc) is 3.31. The molecule has 2 aromatic rings. The number of carbonyl (C=O) groups excluding carboxylic acids is 1. The van der Waals surface area contributed by atoms with E-state index < -0.39 is 0 Å². The number of rotatable bonds is 4. The lowest BCUT2D eigenvalue weighted by Gasteiger charge is -2.10. The molecule has 0 spiro atoms. The van der Waals surface area contributed by atoms with Crippen LogP contribution in [0.15, 0.2) is 53.6 Å². The Kier molecular flexibility index (Phi) is 4.32. The smallest absolute Gasteiger partial charge is 0.258 e. The molecule has 7 heteroatoms. The van der Waals surface area contributed by atoms with Gasteiger partial charge in [-0.05, 0) is 29.7 Å². The molecule has 0 saturated carbocycles. The molecule has 4 rings (SSSR count). The SMILES string of the molecule is O=C(N/N=C/c1ccccc1)C1CC(c2ccc3c(c2)OCO3)NN1. The second-order valence-corrected chi connectivity index (χ2v) is 5.89. The molecule has 0 radical (unpaired) electrons. The highest BCUT2D eigenvalue weighted by atomic mass is 16.7. The molecule has 7 nitrogen and oxygen atoms in total. The monoisotopic (exact) mass is 338 g/mol. The first-order valence-electron chi connectivity index (χ1n) is 8.08. The fourth-order valence-corrected chi connectivity index (χ4v) is 2.86. The third-order valence-corrected chi connectivity index (χ3v) is 4.21. The van der Waals surface area contributed by atoms with Crippen LogP contribution in [-0.2, 0) is 4.79 Å². The van der Waals surface area contributed by atoms with Crippen molar-refractivity contribution in [2.24, 2.45) is 5.10 Å². The lowest BCUT2D eigenvalue weighted by Crippen LogP contribution is -2.41. The summed E-state index contributed by atoms with van der Waals surface area (Å²) in [7, 11) is 0. The Hall–Kier alpha value is -2.90. The van der Waals surface area contributed by atoms with Crippen LogP contribution in [0.1, 0.15) is 23.6 Å². The van der Waals surface area contributed by atoms with E-state index in [1.165, 1.54) is 0 Å². The first-order valence-corrected chi connectivity index (χ1v) is 8.08. The summed E-state index contributed by atoms with van der Waals surface area (Å²) in [5, 5.41) is 4.00. The van der Waals surface area contributed by atoms with Crippen LogP contribution in [-0.4, -0.2) is 25.0 Å². The molecule has 2 aromatic carbocycles. The van der Waals surface area contributed by atoms with Crippen LogP contribution >= 0.6 is 0 Å². The van der Waals surface area contributed by atoms with Crippen molar-refractivity contribution >= 4 is 12.1 Å². The second kappa shape index (κ2) is 6.92. The number of amides is 1. The number of fused-ring (bicyclic) bond motifs is 1. The Bertz CT molecular complexity index is 794. The largest absolute Gasteiger partial charge is 0.454 e. The summed E-state index contributed by atoms with van der Waals surface area (Å²) in [6.45, 7) is 0.250. The van der Waals surface area contributed by atoms with Gasteiger partial charge in [-0.3, -0.25) is 4.79 Å². The second-order valence-electron chi connectivity index (χ2n) is 5.89. The van der Waals surface area contributed by atoms with Crippen molar-refractivity contribution in [3.8, 4) is 11.5 Å². The summed E-state index contributed by atoms with van der Waals surface area (Å²) in [5.41, 5.74) is 10.7. The van der Waals surface area contributed by atoms with Crippen LogP contribution in [0.2, 0.25) is 0 Å². The summed E-state index contributed by atoms with van der Waals surface area (Å²) in [6, 6.07) is 15.1. The number of hydrogen-bond donors (Lipinski definition) is 3. The van der Waals surface area contributed by atoms with E-state index in [9.17, 15) is 4.79 Å². The lowest BCUT2D eigenvalue weighted by atomic mass is 10.0. The number of hydrazone groups is 1. The summed E-state index contributed by atoms with van der Waals surface area (Å²) in [5.74, 6) is 1.31. The topological polar surface area (TPSA) is 84.0 Å². The highest BCUT2D eigenvalue weighted by Crippen LogP contribution is 2.35. The number of nitrogens with zero attached hydrogens (tertiary/aromatic N) is 1. The van der Waals surface area contributed by atoms with Crippen molar-refractivity contribution in [3.63, 3.8) is 0 Å². The number of ether oxygens (including phenoxy) is 2. The van der Waals surface area contributed by atoms with Gasteiger partial charge in [0.15, 0.2) is 11.5 Å². The van der Waals surface area contributed by atoms with Gasteiger partial charge in [-0.15, -0.1) is 0 Å². The van der Waals surface area contributed by atoms with Gasteiger partial charge < -0.3 is 9.47 Å². The van der Waals surface area contributed by atoms with E-state index in [0.717, 1.165) is 22.6 Å². The zero-order chi connectivity index (χ0) is 17.1. The molecule has 25 heavy (non-hydrogen) atoms. The molecular weight excluding hydrogens is 320 g/mol. The summed E-state index contributed by atoms with van der Waals surface area (Å²) >= 11 is 0. The Balaban J connectivity index is 1.34. The molecule has 2 unspecified atom stereocenters. The molecule has 2 atom stereocenters. The quantitative estimate of drug-likeness (QED) is 0.581. The minimum Gasteiger partial charge on any atom is -0.454 e.